The topological polar surface area (TPSA) is 74.8 Å². The molecule has 2 saturated heterocycles. The van der Waals surface area contributed by atoms with Crippen LogP contribution in [0.5, 0.6) is 0 Å². The summed E-state index contributed by atoms with van der Waals surface area (Å²) >= 11 is 3.41. The average molecular weight is 603 g/mol. The Kier molecular flexibility index (Phi) is 6.05. The van der Waals surface area contributed by atoms with Crippen molar-refractivity contribution in [1.82, 2.24) is 4.90 Å². The number of carbonyl (C=O) groups excluding carboxylic acids is 4. The highest BCUT2D eigenvalue weighted by molar-refractivity contribution is 9.10. The van der Waals surface area contributed by atoms with Gasteiger partial charge in [-0.15, -0.1) is 0 Å². The first kappa shape index (κ1) is 25.4. The molecule has 3 aliphatic rings. The molecule has 0 radical (unpaired) electrons. The molecule has 0 aromatic heterocycles. The summed E-state index contributed by atoms with van der Waals surface area (Å²) in [6, 6.07) is 27.5. The largest absolute Gasteiger partial charge is 0.359 e. The zero-order valence-corrected chi connectivity index (χ0v) is 23.3. The summed E-state index contributed by atoms with van der Waals surface area (Å²) < 4.78 is 0.829. The Hall–Kier alpha value is -4.62. The van der Waals surface area contributed by atoms with Gasteiger partial charge in [0.2, 0.25) is 11.8 Å². The van der Waals surface area contributed by atoms with E-state index >= 15 is 0 Å². The summed E-state index contributed by atoms with van der Waals surface area (Å²) in [5.74, 6) is -2.92. The molecule has 0 unspecified atom stereocenters. The number of fused-ring (bicyclic) bond motifs is 4. The van der Waals surface area contributed by atoms with Crippen molar-refractivity contribution in [2.45, 2.75) is 12.1 Å². The highest BCUT2D eigenvalue weighted by Gasteiger charge is 2.63. The molecule has 0 aliphatic carbocycles. The number of imide groups is 1. The number of hydrogen-bond acceptors (Lipinski definition) is 5. The van der Waals surface area contributed by atoms with E-state index in [0.717, 1.165) is 15.2 Å². The summed E-state index contributed by atoms with van der Waals surface area (Å²) in [4.78, 5) is 58.9. The Bertz CT molecular complexity index is 1810. The van der Waals surface area contributed by atoms with Gasteiger partial charge in [0.25, 0.3) is 0 Å². The molecular formula is C34H23BrN2O4. The third-order valence-corrected chi connectivity index (χ3v) is 8.78. The van der Waals surface area contributed by atoms with Crippen LogP contribution >= 0.6 is 15.9 Å². The summed E-state index contributed by atoms with van der Waals surface area (Å²) in [5.41, 5.74) is 1.91. The van der Waals surface area contributed by atoms with Gasteiger partial charge in [-0.1, -0.05) is 101 Å². The Morgan fingerprint density at radius 3 is 2.17 bits per heavy atom. The van der Waals surface area contributed by atoms with E-state index in [1.165, 1.54) is 4.90 Å². The summed E-state index contributed by atoms with van der Waals surface area (Å²) in [6.07, 6.45) is 5.12. The molecule has 200 valence electrons. The van der Waals surface area contributed by atoms with E-state index in [0.29, 0.717) is 22.4 Å². The first-order valence-corrected chi connectivity index (χ1v) is 14.2. The molecule has 3 heterocycles. The van der Waals surface area contributed by atoms with Crippen LogP contribution in [0, 0.1) is 11.8 Å². The van der Waals surface area contributed by atoms with Gasteiger partial charge >= 0.3 is 0 Å². The zero-order valence-electron chi connectivity index (χ0n) is 21.7. The average Bonchev–Trinajstić information content (AvgIpc) is 3.48. The molecule has 0 bridgehead atoms. The van der Waals surface area contributed by atoms with Crippen LogP contribution in [-0.2, 0) is 9.59 Å². The van der Waals surface area contributed by atoms with Gasteiger partial charge in [-0.2, -0.15) is 0 Å². The molecule has 7 rings (SSSR count). The van der Waals surface area contributed by atoms with Gasteiger partial charge in [0.05, 0.1) is 23.6 Å². The normalized spacial score (nSPS) is 23.0. The maximum absolute atomic E-state index is 14.2. The number of carbonyl (C=O) groups is 4. The summed E-state index contributed by atoms with van der Waals surface area (Å²) in [6.45, 7) is 0. The lowest BCUT2D eigenvalue weighted by Crippen LogP contribution is -2.46. The number of amides is 2. The molecular weight excluding hydrogens is 580 g/mol. The fourth-order valence-electron chi connectivity index (χ4n) is 6.38. The van der Waals surface area contributed by atoms with Gasteiger partial charge in [-0.3, -0.25) is 19.2 Å². The number of Topliss-reactive ketones (excluding diaryl/α,β-unsaturated/α-hetero) is 2. The fraction of sp³-hybridized carbons (Fsp3) is 0.118. The van der Waals surface area contributed by atoms with Crippen molar-refractivity contribution in [3.05, 3.63) is 137 Å². The molecule has 0 N–H and O–H groups in total. The second-order valence-electron chi connectivity index (χ2n) is 10.4. The number of ketones is 2. The van der Waals surface area contributed by atoms with E-state index in [9.17, 15) is 19.2 Å². The number of anilines is 1. The number of rotatable bonds is 5. The predicted molar refractivity (Wildman–Crippen MR) is 159 cm³/mol. The molecule has 6 nitrogen and oxygen atoms in total. The minimum atomic E-state index is -0.908. The van der Waals surface area contributed by atoms with Crippen molar-refractivity contribution >= 4 is 55.8 Å². The van der Waals surface area contributed by atoms with Gasteiger partial charge in [-0.25, -0.2) is 4.90 Å². The number of hydrogen-bond donors (Lipinski definition) is 0. The first-order valence-electron chi connectivity index (χ1n) is 13.4. The molecule has 0 saturated carbocycles. The van der Waals surface area contributed by atoms with Crippen LogP contribution < -0.4 is 4.90 Å². The van der Waals surface area contributed by atoms with E-state index < -0.39 is 29.8 Å². The molecule has 4 aromatic carbocycles. The van der Waals surface area contributed by atoms with Crippen LogP contribution in [0.25, 0.3) is 10.8 Å². The smallest absolute Gasteiger partial charge is 0.240 e. The van der Waals surface area contributed by atoms with Crippen LogP contribution in [0.15, 0.2) is 125 Å². The van der Waals surface area contributed by atoms with Crippen LogP contribution in [0.4, 0.5) is 5.69 Å². The Balaban J connectivity index is 1.34. The van der Waals surface area contributed by atoms with E-state index in [2.05, 4.69) is 15.9 Å². The lowest BCUT2D eigenvalue weighted by molar-refractivity contribution is -0.123. The lowest BCUT2D eigenvalue weighted by atomic mass is 9.85. The van der Waals surface area contributed by atoms with Crippen LogP contribution in [0.3, 0.4) is 0 Å². The molecule has 2 amide bonds. The predicted octanol–water partition coefficient (Wildman–Crippen LogP) is 5.98. The minimum absolute atomic E-state index is 0.177. The molecule has 2 fully saturated rings. The first-order chi connectivity index (χ1) is 19.9. The van der Waals surface area contributed by atoms with Crippen molar-refractivity contribution in [3.8, 4) is 0 Å². The quantitative estimate of drug-likeness (QED) is 0.207. The number of nitrogens with zero attached hydrogens (tertiary/aromatic N) is 2. The second kappa shape index (κ2) is 9.78. The molecule has 0 spiro atoms. The van der Waals surface area contributed by atoms with Crippen molar-refractivity contribution in [2.75, 3.05) is 4.90 Å². The highest BCUT2D eigenvalue weighted by atomic mass is 79.9. The van der Waals surface area contributed by atoms with Gasteiger partial charge in [0, 0.05) is 32.8 Å². The summed E-state index contributed by atoms with van der Waals surface area (Å²) in [5, 5.41) is 1.69. The number of halogens is 1. The van der Waals surface area contributed by atoms with Gasteiger partial charge in [-0.05, 0) is 29.7 Å². The van der Waals surface area contributed by atoms with E-state index in [1.54, 1.807) is 77.8 Å². The second-order valence-corrected chi connectivity index (χ2v) is 11.4. The van der Waals surface area contributed by atoms with E-state index in [-0.39, 0.29) is 17.5 Å². The molecule has 7 heteroatoms. The van der Waals surface area contributed by atoms with Crippen LogP contribution in [0.1, 0.15) is 20.7 Å². The minimum Gasteiger partial charge on any atom is -0.359 e. The van der Waals surface area contributed by atoms with Gasteiger partial charge < -0.3 is 4.90 Å². The Labute approximate surface area is 244 Å². The molecule has 41 heavy (non-hydrogen) atoms. The van der Waals surface area contributed by atoms with Gasteiger partial charge in [0.1, 0.15) is 6.04 Å². The van der Waals surface area contributed by atoms with Gasteiger partial charge in [0.15, 0.2) is 11.6 Å². The monoisotopic (exact) mass is 602 g/mol. The Morgan fingerprint density at radius 2 is 1.39 bits per heavy atom. The summed E-state index contributed by atoms with van der Waals surface area (Å²) in [7, 11) is 0. The third-order valence-electron chi connectivity index (χ3n) is 8.25. The standard InChI is InChI=1S/C34H23BrN2O4/c35-24-15-13-22(14-16-24)32(39)30-29-28(27-19-23(17-18-36(27)30)31(38)21-8-2-1-3-9-21)33(40)37(34(29)41)26-12-6-10-20-7-4-5-11-25(20)26/h1-19,27-30H/t27-,28+,29-,30+/m1/s1. The van der Waals surface area contributed by atoms with E-state index in [1.807, 2.05) is 42.5 Å². The van der Waals surface area contributed by atoms with E-state index in [4.69, 9.17) is 0 Å². The molecule has 4 atom stereocenters. The van der Waals surface area contributed by atoms with Crippen molar-refractivity contribution in [2.24, 2.45) is 11.8 Å². The zero-order chi connectivity index (χ0) is 28.2. The third kappa shape index (κ3) is 3.99. The maximum Gasteiger partial charge on any atom is 0.240 e. The molecule has 4 aromatic rings. The maximum atomic E-state index is 14.2. The van der Waals surface area contributed by atoms with Crippen LogP contribution in [-0.4, -0.2) is 40.4 Å². The number of allylic oxidation sites excluding steroid dienone is 2. The lowest BCUT2D eigenvalue weighted by Gasteiger charge is -2.33. The Morgan fingerprint density at radius 1 is 0.707 bits per heavy atom. The van der Waals surface area contributed by atoms with Crippen molar-refractivity contribution in [3.63, 3.8) is 0 Å². The number of benzene rings is 4. The molecule has 3 aliphatic heterocycles. The van der Waals surface area contributed by atoms with Crippen LogP contribution in [0.2, 0.25) is 0 Å². The van der Waals surface area contributed by atoms with Crippen molar-refractivity contribution in [1.29, 1.82) is 0 Å². The fourth-order valence-corrected chi connectivity index (χ4v) is 6.64. The SMILES string of the molecule is O=C(C1=C[C@@H]2[C@@H]3C(=O)N(c4cccc5ccccc45)C(=O)[C@H]3[C@@H](C(=O)c3ccc(Br)cc3)N2C=C1)c1ccccc1. The van der Waals surface area contributed by atoms with Crippen molar-refractivity contribution < 1.29 is 19.2 Å². The highest BCUT2D eigenvalue weighted by Crippen LogP contribution is 2.48.